The number of likely N-dealkylation sites (N-methyl/N-ethyl adjacent to an activating group) is 1. The van der Waals surface area contributed by atoms with Crippen LogP contribution in [0.5, 0.6) is 5.75 Å². The summed E-state index contributed by atoms with van der Waals surface area (Å²) in [7, 11) is 1.88. The van der Waals surface area contributed by atoms with Gasteiger partial charge in [0.05, 0.1) is 17.1 Å². The molecule has 1 saturated heterocycles. The standard InChI is InChI=1S/C34H38BrN3O3/c1-24(39)38-22-28-21-29(27-16-14-26(15-17-27)11-8-20-41-32-13-7-6-12-30(32)35)33(31(23-38)36-28)34(40)37(2)19-18-25-9-4-3-5-10-25/h3-7,9-10,12-17,28,31,36H,8,11,18-23H2,1-2H3/t28-,31-/m1/s1. The second-order valence-electron chi connectivity index (χ2n) is 11.0. The number of amides is 2. The topological polar surface area (TPSA) is 61.9 Å². The SMILES string of the molecule is CC(=O)N1C[C@H]2CC(c3ccc(CCCOc4ccccc4Br)cc3)=C(C(=O)N(C)CCc3ccccc3)[C@@H](C1)N2. The maximum absolute atomic E-state index is 14.0. The summed E-state index contributed by atoms with van der Waals surface area (Å²) < 4.78 is 6.89. The summed E-state index contributed by atoms with van der Waals surface area (Å²) in [5.74, 6) is 0.952. The number of para-hydroxylation sites is 1. The predicted octanol–water partition coefficient (Wildman–Crippen LogP) is 5.51. The number of carbonyl (C=O) groups is 2. The number of piperazine rings is 1. The smallest absolute Gasteiger partial charge is 0.251 e. The van der Waals surface area contributed by atoms with Gasteiger partial charge in [0.2, 0.25) is 5.91 Å². The van der Waals surface area contributed by atoms with E-state index in [1.807, 2.05) is 59.3 Å². The highest BCUT2D eigenvalue weighted by Crippen LogP contribution is 2.34. The monoisotopic (exact) mass is 615 g/mol. The number of aryl methyl sites for hydroxylation is 1. The molecule has 0 unspecified atom stereocenters. The Morgan fingerprint density at radius 1 is 0.951 bits per heavy atom. The summed E-state index contributed by atoms with van der Waals surface area (Å²) in [5.41, 5.74) is 5.43. The lowest BCUT2D eigenvalue weighted by Crippen LogP contribution is -2.61. The van der Waals surface area contributed by atoms with Crippen LogP contribution >= 0.6 is 15.9 Å². The molecule has 214 valence electrons. The van der Waals surface area contributed by atoms with Crippen molar-refractivity contribution in [1.29, 1.82) is 0 Å². The third-order valence-corrected chi connectivity index (χ3v) is 8.67. The molecule has 2 aliphatic rings. The Kier molecular flexibility index (Phi) is 9.57. The van der Waals surface area contributed by atoms with E-state index in [4.69, 9.17) is 4.74 Å². The van der Waals surface area contributed by atoms with E-state index in [1.165, 1.54) is 11.1 Å². The van der Waals surface area contributed by atoms with E-state index in [9.17, 15) is 9.59 Å². The maximum Gasteiger partial charge on any atom is 0.251 e. The van der Waals surface area contributed by atoms with E-state index in [1.54, 1.807) is 6.92 Å². The lowest BCUT2D eigenvalue weighted by molar-refractivity contribution is -0.132. The number of hydrogen-bond acceptors (Lipinski definition) is 4. The second-order valence-corrected chi connectivity index (χ2v) is 11.8. The Balaban J connectivity index is 1.31. The van der Waals surface area contributed by atoms with Crippen LogP contribution in [-0.2, 0) is 22.4 Å². The van der Waals surface area contributed by atoms with Crippen molar-refractivity contribution in [3.05, 3.63) is 106 Å². The zero-order valence-corrected chi connectivity index (χ0v) is 25.4. The summed E-state index contributed by atoms with van der Waals surface area (Å²) in [6, 6.07) is 26.7. The van der Waals surface area contributed by atoms with E-state index in [-0.39, 0.29) is 23.9 Å². The van der Waals surface area contributed by atoms with E-state index in [2.05, 4.69) is 57.6 Å². The summed E-state index contributed by atoms with van der Waals surface area (Å²) in [6.45, 7) is 4.06. The van der Waals surface area contributed by atoms with Crippen LogP contribution < -0.4 is 10.1 Å². The van der Waals surface area contributed by atoms with Crippen molar-refractivity contribution >= 4 is 33.3 Å². The van der Waals surface area contributed by atoms with Crippen LogP contribution in [0.2, 0.25) is 0 Å². The first-order chi connectivity index (χ1) is 19.9. The highest BCUT2D eigenvalue weighted by Gasteiger charge is 2.39. The van der Waals surface area contributed by atoms with Gasteiger partial charge in [0.25, 0.3) is 5.91 Å². The number of rotatable bonds is 10. The van der Waals surface area contributed by atoms with Crippen LogP contribution in [0.25, 0.3) is 5.57 Å². The minimum absolute atomic E-state index is 0.0329. The summed E-state index contributed by atoms with van der Waals surface area (Å²) >= 11 is 3.53. The van der Waals surface area contributed by atoms with E-state index < -0.39 is 0 Å². The number of nitrogens with zero attached hydrogens (tertiary/aromatic N) is 2. The molecule has 5 rings (SSSR count). The number of halogens is 1. The zero-order chi connectivity index (χ0) is 28.8. The number of hydrogen-bond donors (Lipinski definition) is 1. The molecule has 6 nitrogen and oxygen atoms in total. The molecule has 1 fully saturated rings. The van der Waals surface area contributed by atoms with Gasteiger partial charge in [-0.25, -0.2) is 0 Å². The summed E-state index contributed by atoms with van der Waals surface area (Å²) in [6.07, 6.45) is 3.34. The van der Waals surface area contributed by atoms with Gasteiger partial charge in [-0.2, -0.15) is 0 Å². The number of nitrogens with one attached hydrogen (secondary N) is 1. The van der Waals surface area contributed by atoms with Crippen LogP contribution in [0, 0.1) is 0 Å². The molecule has 0 radical (unpaired) electrons. The lowest BCUT2D eigenvalue weighted by Gasteiger charge is -2.44. The zero-order valence-electron chi connectivity index (χ0n) is 23.8. The van der Waals surface area contributed by atoms with Crippen molar-refractivity contribution in [2.24, 2.45) is 0 Å². The third-order valence-electron chi connectivity index (χ3n) is 8.01. The molecule has 1 N–H and O–H groups in total. The third kappa shape index (κ3) is 7.27. The van der Waals surface area contributed by atoms with Crippen molar-refractivity contribution in [3.8, 4) is 5.75 Å². The molecule has 0 spiro atoms. The van der Waals surface area contributed by atoms with Gasteiger partial charge in [-0.15, -0.1) is 0 Å². The molecule has 2 aliphatic heterocycles. The molecular formula is C34H38BrN3O3. The Morgan fingerprint density at radius 2 is 1.66 bits per heavy atom. The van der Waals surface area contributed by atoms with Gasteiger partial charge in [-0.05, 0) is 76.0 Å². The molecule has 2 heterocycles. The van der Waals surface area contributed by atoms with E-state index in [0.717, 1.165) is 46.2 Å². The summed E-state index contributed by atoms with van der Waals surface area (Å²) in [4.78, 5) is 29.9. The van der Waals surface area contributed by atoms with E-state index >= 15 is 0 Å². The molecule has 3 aromatic carbocycles. The molecule has 0 aliphatic carbocycles. The fourth-order valence-corrected chi connectivity index (χ4v) is 6.16. The minimum atomic E-state index is -0.179. The molecule has 2 amide bonds. The quantitative estimate of drug-likeness (QED) is 0.306. The van der Waals surface area contributed by atoms with Crippen molar-refractivity contribution < 1.29 is 14.3 Å². The van der Waals surface area contributed by atoms with E-state index in [0.29, 0.717) is 32.7 Å². The van der Waals surface area contributed by atoms with Crippen molar-refractivity contribution in [2.75, 3.05) is 33.3 Å². The molecular weight excluding hydrogens is 578 g/mol. The number of fused-ring (bicyclic) bond motifs is 2. The Hall–Kier alpha value is -3.42. The molecule has 0 aromatic heterocycles. The Bertz CT molecular complexity index is 1390. The van der Waals surface area contributed by atoms with Crippen LogP contribution in [0.4, 0.5) is 0 Å². The highest BCUT2D eigenvalue weighted by atomic mass is 79.9. The first-order valence-electron chi connectivity index (χ1n) is 14.4. The van der Waals surface area contributed by atoms with Crippen molar-refractivity contribution in [1.82, 2.24) is 15.1 Å². The average Bonchev–Trinajstić information content (AvgIpc) is 2.99. The maximum atomic E-state index is 14.0. The molecule has 0 saturated carbocycles. The highest BCUT2D eigenvalue weighted by molar-refractivity contribution is 9.10. The minimum Gasteiger partial charge on any atom is -0.492 e. The Morgan fingerprint density at radius 3 is 2.39 bits per heavy atom. The average molecular weight is 617 g/mol. The number of carbonyl (C=O) groups excluding carboxylic acids is 2. The number of ether oxygens (including phenoxy) is 1. The molecule has 7 heteroatoms. The first kappa shape index (κ1) is 29.1. The largest absolute Gasteiger partial charge is 0.492 e. The molecule has 2 bridgehead atoms. The van der Waals surface area contributed by atoms with Crippen LogP contribution in [0.15, 0.2) is 88.9 Å². The van der Waals surface area contributed by atoms with Crippen LogP contribution in [0.3, 0.4) is 0 Å². The normalized spacial score (nSPS) is 18.3. The summed E-state index contributed by atoms with van der Waals surface area (Å²) in [5, 5.41) is 3.64. The molecule has 41 heavy (non-hydrogen) atoms. The lowest BCUT2D eigenvalue weighted by atomic mass is 9.82. The second kappa shape index (κ2) is 13.5. The Labute approximate surface area is 251 Å². The van der Waals surface area contributed by atoms with Crippen molar-refractivity contribution in [2.45, 2.75) is 44.7 Å². The first-order valence-corrected chi connectivity index (χ1v) is 15.2. The van der Waals surface area contributed by atoms with Gasteiger partial charge in [0, 0.05) is 45.2 Å². The van der Waals surface area contributed by atoms with Gasteiger partial charge < -0.3 is 19.9 Å². The predicted molar refractivity (Wildman–Crippen MR) is 167 cm³/mol. The fourth-order valence-electron chi connectivity index (χ4n) is 5.77. The number of benzene rings is 3. The van der Waals surface area contributed by atoms with Gasteiger partial charge in [0.1, 0.15) is 5.75 Å². The van der Waals surface area contributed by atoms with Gasteiger partial charge in [-0.1, -0.05) is 66.7 Å². The van der Waals surface area contributed by atoms with Crippen molar-refractivity contribution in [3.63, 3.8) is 0 Å². The molecule has 2 atom stereocenters. The van der Waals surface area contributed by atoms with Gasteiger partial charge in [-0.3, -0.25) is 9.59 Å². The fraction of sp³-hybridized carbons (Fsp3) is 0.353. The van der Waals surface area contributed by atoms with Crippen LogP contribution in [-0.4, -0.2) is 67.0 Å². The van der Waals surface area contributed by atoms with Gasteiger partial charge >= 0.3 is 0 Å². The molecule has 3 aromatic rings. The van der Waals surface area contributed by atoms with Gasteiger partial charge in [0.15, 0.2) is 0 Å². The van der Waals surface area contributed by atoms with Crippen LogP contribution in [0.1, 0.15) is 36.5 Å².